The van der Waals surface area contributed by atoms with Gasteiger partial charge in [0.1, 0.15) is 5.75 Å². The van der Waals surface area contributed by atoms with Gasteiger partial charge in [0, 0.05) is 12.5 Å². The summed E-state index contributed by atoms with van der Waals surface area (Å²) in [4.78, 5) is 12.0. The highest BCUT2D eigenvalue weighted by Gasteiger charge is 2.23. The molecule has 2 N–H and O–H groups in total. The summed E-state index contributed by atoms with van der Waals surface area (Å²) >= 11 is 6.13. The largest absolute Gasteiger partial charge is 0.495 e. The van der Waals surface area contributed by atoms with Crippen LogP contribution in [0.25, 0.3) is 0 Å². The maximum atomic E-state index is 12.0. The van der Waals surface area contributed by atoms with E-state index in [4.69, 9.17) is 31.5 Å². The van der Waals surface area contributed by atoms with Crippen molar-refractivity contribution in [1.29, 1.82) is 0 Å². The molecule has 0 unspecified atom stereocenters. The van der Waals surface area contributed by atoms with Gasteiger partial charge in [-0.3, -0.25) is 4.79 Å². The molecule has 0 saturated heterocycles. The highest BCUT2D eigenvalue weighted by atomic mass is 35.5. The quantitative estimate of drug-likeness (QED) is 0.802. The molecule has 1 rings (SSSR count). The van der Waals surface area contributed by atoms with Crippen molar-refractivity contribution in [2.24, 2.45) is 5.73 Å². The van der Waals surface area contributed by atoms with Crippen molar-refractivity contribution < 1.29 is 19.0 Å². The van der Waals surface area contributed by atoms with Gasteiger partial charge in [0.05, 0.1) is 31.9 Å². The lowest BCUT2D eigenvalue weighted by Crippen LogP contribution is -2.11. The van der Waals surface area contributed by atoms with Crippen molar-refractivity contribution in [3.63, 3.8) is 0 Å². The molecule has 0 atom stereocenters. The third-order valence-electron chi connectivity index (χ3n) is 2.44. The van der Waals surface area contributed by atoms with E-state index in [0.29, 0.717) is 17.2 Å². The summed E-state index contributed by atoms with van der Waals surface area (Å²) in [5, 5.41) is 0.202. The average molecular weight is 274 g/mol. The Hall–Kier alpha value is -1.46. The van der Waals surface area contributed by atoms with E-state index in [1.165, 1.54) is 21.3 Å². The van der Waals surface area contributed by atoms with Gasteiger partial charge >= 0.3 is 0 Å². The first-order valence-corrected chi connectivity index (χ1v) is 5.70. The summed E-state index contributed by atoms with van der Waals surface area (Å²) in [7, 11) is 4.38. The van der Waals surface area contributed by atoms with Gasteiger partial charge in [0.15, 0.2) is 17.3 Å². The molecule has 0 fully saturated rings. The summed E-state index contributed by atoms with van der Waals surface area (Å²) in [6.07, 6.45) is 0.173. The Morgan fingerprint density at radius 3 is 2.28 bits per heavy atom. The first kappa shape index (κ1) is 14.6. The van der Waals surface area contributed by atoms with Crippen LogP contribution in [0.1, 0.15) is 16.8 Å². The minimum atomic E-state index is -0.212. The molecule has 0 aromatic heterocycles. The van der Waals surface area contributed by atoms with Gasteiger partial charge in [-0.2, -0.15) is 0 Å². The molecule has 5 nitrogen and oxygen atoms in total. The SMILES string of the molecule is COc1cc(OC)c(OC)c(C(=O)CCN)c1Cl. The number of benzene rings is 1. The van der Waals surface area contributed by atoms with Gasteiger partial charge < -0.3 is 19.9 Å². The highest BCUT2D eigenvalue weighted by molar-refractivity contribution is 6.36. The second kappa shape index (κ2) is 6.47. The van der Waals surface area contributed by atoms with E-state index in [1.807, 2.05) is 0 Å². The van der Waals surface area contributed by atoms with E-state index in [9.17, 15) is 4.79 Å². The van der Waals surface area contributed by atoms with E-state index in [1.54, 1.807) is 6.07 Å². The van der Waals surface area contributed by atoms with Gasteiger partial charge in [0.2, 0.25) is 0 Å². The number of hydrogen-bond donors (Lipinski definition) is 1. The predicted octanol–water partition coefficient (Wildman–Crippen LogP) is 1.90. The van der Waals surface area contributed by atoms with Crippen molar-refractivity contribution in [2.45, 2.75) is 6.42 Å². The van der Waals surface area contributed by atoms with E-state index in [-0.39, 0.29) is 29.3 Å². The van der Waals surface area contributed by atoms with Crippen LogP contribution in [-0.4, -0.2) is 33.7 Å². The van der Waals surface area contributed by atoms with E-state index >= 15 is 0 Å². The Morgan fingerprint density at radius 1 is 1.22 bits per heavy atom. The molecule has 0 bridgehead atoms. The van der Waals surface area contributed by atoms with Crippen LogP contribution in [0.15, 0.2) is 6.07 Å². The third-order valence-corrected chi connectivity index (χ3v) is 2.82. The Bertz CT molecular complexity index is 448. The second-order valence-electron chi connectivity index (χ2n) is 3.47. The number of methoxy groups -OCH3 is 3. The molecule has 0 amide bonds. The molecule has 0 aliphatic heterocycles. The molecule has 1 aromatic rings. The molecule has 18 heavy (non-hydrogen) atoms. The van der Waals surface area contributed by atoms with E-state index < -0.39 is 0 Å². The van der Waals surface area contributed by atoms with Crippen LogP contribution < -0.4 is 19.9 Å². The molecule has 0 heterocycles. The molecule has 0 aliphatic carbocycles. The van der Waals surface area contributed by atoms with Crippen molar-refractivity contribution in [2.75, 3.05) is 27.9 Å². The van der Waals surface area contributed by atoms with Crippen molar-refractivity contribution in [1.82, 2.24) is 0 Å². The molecule has 100 valence electrons. The zero-order valence-corrected chi connectivity index (χ0v) is 11.3. The number of ether oxygens (including phenoxy) is 3. The summed E-state index contributed by atoms with van der Waals surface area (Å²) in [5.74, 6) is 0.826. The lowest BCUT2D eigenvalue weighted by molar-refractivity contribution is 0.0981. The summed E-state index contributed by atoms with van der Waals surface area (Å²) in [6.45, 7) is 0.234. The Balaban J connectivity index is 3.47. The summed E-state index contributed by atoms with van der Waals surface area (Å²) < 4.78 is 15.4. The van der Waals surface area contributed by atoms with Gasteiger partial charge in [-0.05, 0) is 6.54 Å². The molecular weight excluding hydrogens is 258 g/mol. The number of Topliss-reactive ketones (excluding diaryl/α,β-unsaturated/α-hetero) is 1. The zero-order chi connectivity index (χ0) is 13.7. The fraction of sp³-hybridized carbons (Fsp3) is 0.417. The molecule has 1 aromatic carbocycles. The second-order valence-corrected chi connectivity index (χ2v) is 3.84. The van der Waals surface area contributed by atoms with Crippen LogP contribution in [0.5, 0.6) is 17.2 Å². The number of nitrogens with two attached hydrogens (primary N) is 1. The monoisotopic (exact) mass is 273 g/mol. The normalized spacial score (nSPS) is 10.1. The minimum Gasteiger partial charge on any atom is -0.495 e. The van der Waals surface area contributed by atoms with Crippen LogP contribution in [0, 0.1) is 0 Å². The summed E-state index contributed by atoms with van der Waals surface area (Å²) in [6, 6.07) is 1.57. The Labute approximate surface area is 111 Å². The van der Waals surface area contributed by atoms with E-state index in [0.717, 1.165) is 0 Å². The molecule has 0 saturated carbocycles. The van der Waals surface area contributed by atoms with Crippen LogP contribution in [0.4, 0.5) is 0 Å². The summed E-state index contributed by atoms with van der Waals surface area (Å²) in [5.41, 5.74) is 5.62. The number of carbonyl (C=O) groups excluding carboxylic acids is 1. The molecule has 0 radical (unpaired) electrons. The first-order valence-electron chi connectivity index (χ1n) is 5.32. The highest BCUT2D eigenvalue weighted by Crippen LogP contribution is 2.42. The van der Waals surface area contributed by atoms with Gasteiger partial charge in [0.25, 0.3) is 0 Å². The topological polar surface area (TPSA) is 70.8 Å². The van der Waals surface area contributed by atoms with Gasteiger partial charge in [-0.25, -0.2) is 0 Å². The first-order chi connectivity index (χ1) is 8.60. The fourth-order valence-electron chi connectivity index (χ4n) is 1.60. The van der Waals surface area contributed by atoms with Crippen molar-refractivity contribution >= 4 is 17.4 Å². The number of ketones is 1. The van der Waals surface area contributed by atoms with Crippen LogP contribution in [-0.2, 0) is 0 Å². The van der Waals surface area contributed by atoms with Crippen LogP contribution >= 0.6 is 11.6 Å². The molecular formula is C12H16ClNO4. The standard InChI is InChI=1S/C12H16ClNO4/c1-16-8-6-9(17-2)12(18-3)10(11(8)13)7(15)4-5-14/h6H,4-5,14H2,1-3H3. The maximum absolute atomic E-state index is 12.0. The zero-order valence-electron chi connectivity index (χ0n) is 10.6. The smallest absolute Gasteiger partial charge is 0.173 e. The lowest BCUT2D eigenvalue weighted by Gasteiger charge is -2.16. The molecule has 6 heteroatoms. The minimum absolute atomic E-state index is 0.173. The molecule has 0 aliphatic rings. The maximum Gasteiger partial charge on any atom is 0.173 e. The van der Waals surface area contributed by atoms with Crippen molar-refractivity contribution in [3.8, 4) is 17.2 Å². The predicted molar refractivity (Wildman–Crippen MR) is 69.1 cm³/mol. The number of halogens is 1. The van der Waals surface area contributed by atoms with Crippen LogP contribution in [0.2, 0.25) is 5.02 Å². The third kappa shape index (κ3) is 2.68. The van der Waals surface area contributed by atoms with Crippen molar-refractivity contribution in [3.05, 3.63) is 16.7 Å². The Morgan fingerprint density at radius 2 is 1.83 bits per heavy atom. The number of rotatable bonds is 6. The van der Waals surface area contributed by atoms with E-state index in [2.05, 4.69) is 0 Å². The Kier molecular flexibility index (Phi) is 5.25. The number of hydrogen-bond acceptors (Lipinski definition) is 5. The fourth-order valence-corrected chi connectivity index (χ4v) is 1.92. The lowest BCUT2D eigenvalue weighted by atomic mass is 10.1. The van der Waals surface area contributed by atoms with Crippen LogP contribution in [0.3, 0.4) is 0 Å². The number of carbonyl (C=O) groups is 1. The molecule has 0 spiro atoms. The van der Waals surface area contributed by atoms with Gasteiger partial charge in [-0.1, -0.05) is 11.6 Å². The average Bonchev–Trinajstić information content (AvgIpc) is 2.38. The van der Waals surface area contributed by atoms with Gasteiger partial charge in [-0.15, -0.1) is 0 Å².